The minimum Gasteiger partial charge on any atom is -0.493 e. The van der Waals surface area contributed by atoms with Crippen LogP contribution in [0.3, 0.4) is 0 Å². The maximum absolute atomic E-state index is 13.5. The van der Waals surface area contributed by atoms with E-state index in [0.29, 0.717) is 37.4 Å². The van der Waals surface area contributed by atoms with E-state index in [1.807, 2.05) is 55.5 Å². The van der Waals surface area contributed by atoms with Gasteiger partial charge in [0.05, 0.1) is 31.0 Å². The maximum atomic E-state index is 13.5. The molecule has 1 fully saturated rings. The molecule has 1 aliphatic heterocycles. The normalized spacial score (nSPS) is 15.4. The molecule has 0 spiro atoms. The molecule has 0 N–H and O–H groups in total. The summed E-state index contributed by atoms with van der Waals surface area (Å²) in [5.41, 5.74) is 3.59. The lowest BCUT2D eigenvalue weighted by Crippen LogP contribution is -2.28. The molecule has 0 saturated carbocycles. The van der Waals surface area contributed by atoms with Crippen molar-refractivity contribution >= 4 is 58.3 Å². The molecular weight excluding hydrogens is 581 g/mol. The highest BCUT2D eigenvalue weighted by atomic mass is 35.5. The maximum Gasteiger partial charge on any atom is 0.267 e. The van der Waals surface area contributed by atoms with Crippen molar-refractivity contribution in [3.8, 4) is 11.5 Å². The van der Waals surface area contributed by atoms with Gasteiger partial charge in [0.15, 0.2) is 16.7 Å². The second-order valence-electron chi connectivity index (χ2n) is 9.00. The predicted octanol–water partition coefficient (Wildman–Crippen LogP) is 7.99. The second kappa shape index (κ2) is 13.1. The van der Waals surface area contributed by atoms with Gasteiger partial charge in [-0.2, -0.15) is 5.10 Å². The summed E-state index contributed by atoms with van der Waals surface area (Å²) >= 11 is 13.5. The number of nitrogens with zero attached hydrogens (tertiary/aromatic N) is 3. The fourth-order valence-corrected chi connectivity index (χ4v) is 5.39. The number of amidine groups is 1. The quantitative estimate of drug-likeness (QED) is 0.110. The summed E-state index contributed by atoms with van der Waals surface area (Å²) in [6, 6.07) is 22.2. The van der Waals surface area contributed by atoms with Crippen LogP contribution in [0.25, 0.3) is 6.08 Å². The third kappa shape index (κ3) is 7.03. The molecule has 0 bridgehead atoms. The van der Waals surface area contributed by atoms with Crippen LogP contribution < -0.4 is 9.47 Å². The van der Waals surface area contributed by atoms with Crippen molar-refractivity contribution in [2.45, 2.75) is 20.1 Å². The molecule has 208 valence electrons. The van der Waals surface area contributed by atoms with E-state index < -0.39 is 0 Å². The summed E-state index contributed by atoms with van der Waals surface area (Å²) in [6.07, 6.45) is 5.04. The fourth-order valence-electron chi connectivity index (χ4n) is 3.99. The highest BCUT2D eigenvalue weighted by molar-refractivity contribution is 8.18. The van der Waals surface area contributed by atoms with Crippen LogP contribution in [0.15, 0.2) is 98.6 Å². The summed E-state index contributed by atoms with van der Waals surface area (Å²) in [7, 11) is 1.56. The molecule has 41 heavy (non-hydrogen) atoms. The Labute approximate surface area is 252 Å². The van der Waals surface area contributed by atoms with Crippen LogP contribution in [0.4, 0.5) is 0 Å². The Kier molecular flexibility index (Phi) is 9.14. The minimum absolute atomic E-state index is 0.201. The van der Waals surface area contributed by atoms with Gasteiger partial charge in [-0.15, -0.1) is 5.10 Å². The first-order valence-corrected chi connectivity index (χ1v) is 14.1. The Hall–Kier alpha value is -3.98. The van der Waals surface area contributed by atoms with E-state index in [1.54, 1.807) is 54.8 Å². The number of methoxy groups -OCH3 is 1. The molecule has 1 aromatic heterocycles. The van der Waals surface area contributed by atoms with E-state index in [4.69, 9.17) is 37.1 Å². The van der Waals surface area contributed by atoms with Crippen LogP contribution >= 0.6 is 35.0 Å². The number of hydrogen-bond donors (Lipinski definition) is 0. The van der Waals surface area contributed by atoms with Crippen LogP contribution in [0.2, 0.25) is 10.0 Å². The molecule has 2 heterocycles. The van der Waals surface area contributed by atoms with E-state index in [1.165, 1.54) is 11.8 Å². The lowest BCUT2D eigenvalue weighted by molar-refractivity contribution is -0.122. The molecule has 10 heteroatoms. The lowest BCUT2D eigenvalue weighted by Gasteiger charge is -2.13. The van der Waals surface area contributed by atoms with Crippen molar-refractivity contribution < 1.29 is 18.7 Å². The number of benzene rings is 3. The zero-order valence-electron chi connectivity index (χ0n) is 22.2. The molecule has 1 aliphatic rings. The summed E-state index contributed by atoms with van der Waals surface area (Å²) in [4.78, 5) is 15.5. The van der Waals surface area contributed by atoms with Gasteiger partial charge >= 0.3 is 0 Å². The van der Waals surface area contributed by atoms with E-state index in [-0.39, 0.29) is 19.1 Å². The van der Waals surface area contributed by atoms with Crippen molar-refractivity contribution in [1.29, 1.82) is 0 Å². The number of furan rings is 1. The van der Waals surface area contributed by atoms with E-state index in [9.17, 15) is 4.79 Å². The van der Waals surface area contributed by atoms with Crippen LogP contribution in [0, 0.1) is 6.92 Å². The molecule has 1 saturated heterocycles. The first-order valence-electron chi connectivity index (χ1n) is 12.6. The Bertz CT molecular complexity index is 1650. The van der Waals surface area contributed by atoms with Crippen LogP contribution in [0.1, 0.15) is 28.0 Å². The van der Waals surface area contributed by atoms with Gasteiger partial charge in [-0.1, -0.05) is 59.6 Å². The molecule has 5 rings (SSSR count). The van der Waals surface area contributed by atoms with Crippen LogP contribution in [-0.2, 0) is 17.9 Å². The van der Waals surface area contributed by atoms with E-state index in [2.05, 4.69) is 10.2 Å². The zero-order chi connectivity index (χ0) is 28.8. The molecule has 3 aromatic carbocycles. The fraction of sp³-hybridized carbons (Fsp3) is 0.129. The van der Waals surface area contributed by atoms with E-state index in [0.717, 1.165) is 22.3 Å². The van der Waals surface area contributed by atoms with Gasteiger partial charge in [0, 0.05) is 15.6 Å². The number of halogens is 2. The van der Waals surface area contributed by atoms with Gasteiger partial charge < -0.3 is 13.9 Å². The molecule has 0 unspecified atom stereocenters. The summed E-state index contributed by atoms with van der Waals surface area (Å²) in [5, 5.41) is 10.2. The number of aryl methyl sites for hydroxylation is 1. The first kappa shape index (κ1) is 28.5. The SMILES string of the molecule is COc1cc(/C=C2\S/C(=N/N=C\c3ccccc3C)N(Cc3ccco3)C2=O)ccc1OCc1ccc(Cl)cc1Cl. The first-order chi connectivity index (χ1) is 19.9. The third-order valence-electron chi connectivity index (χ3n) is 6.19. The van der Waals surface area contributed by atoms with Gasteiger partial charge in [-0.3, -0.25) is 9.69 Å². The van der Waals surface area contributed by atoms with Crippen LogP contribution in [0.5, 0.6) is 11.5 Å². The summed E-state index contributed by atoms with van der Waals surface area (Å²) in [6.45, 7) is 2.48. The molecule has 0 atom stereocenters. The Morgan fingerprint density at radius 3 is 2.63 bits per heavy atom. The standard InChI is InChI=1S/C31H25Cl2N3O4S/c1-20-6-3-4-7-22(20)17-34-35-31-36(18-25-8-5-13-39-25)30(37)29(41-31)15-21-9-12-27(28(14-21)38-2)40-19-23-10-11-24(32)16-26(23)33/h3-17H,18-19H2,1-2H3/b29-15-,34-17-,35-31+. The molecule has 7 nitrogen and oxygen atoms in total. The summed E-state index contributed by atoms with van der Waals surface area (Å²) in [5.74, 6) is 1.50. The topological polar surface area (TPSA) is 76.6 Å². The number of amides is 1. The molecule has 0 aliphatic carbocycles. The van der Waals surface area contributed by atoms with Crippen molar-refractivity contribution in [3.05, 3.63) is 122 Å². The monoisotopic (exact) mass is 605 g/mol. The number of ether oxygens (including phenoxy) is 2. The van der Waals surface area contributed by atoms with Crippen molar-refractivity contribution in [2.75, 3.05) is 7.11 Å². The average Bonchev–Trinajstić information content (AvgIpc) is 3.58. The summed E-state index contributed by atoms with van der Waals surface area (Å²) < 4.78 is 17.0. The highest BCUT2D eigenvalue weighted by Gasteiger charge is 2.34. The van der Waals surface area contributed by atoms with Crippen molar-refractivity contribution in [2.24, 2.45) is 10.2 Å². The van der Waals surface area contributed by atoms with Gasteiger partial charge in [0.1, 0.15) is 12.4 Å². The van der Waals surface area contributed by atoms with Gasteiger partial charge in [0.25, 0.3) is 5.91 Å². The molecular formula is C31H25Cl2N3O4S. The number of thioether (sulfide) groups is 1. The van der Waals surface area contributed by atoms with Crippen molar-refractivity contribution in [1.82, 2.24) is 4.90 Å². The number of carbonyl (C=O) groups excluding carboxylic acids is 1. The zero-order valence-corrected chi connectivity index (χ0v) is 24.5. The van der Waals surface area contributed by atoms with Crippen LogP contribution in [-0.4, -0.2) is 29.3 Å². The van der Waals surface area contributed by atoms with Gasteiger partial charge in [0.2, 0.25) is 0 Å². The lowest BCUT2D eigenvalue weighted by atomic mass is 10.1. The Morgan fingerprint density at radius 1 is 1.02 bits per heavy atom. The number of carbonyl (C=O) groups is 1. The smallest absolute Gasteiger partial charge is 0.267 e. The highest BCUT2D eigenvalue weighted by Crippen LogP contribution is 2.36. The van der Waals surface area contributed by atoms with Gasteiger partial charge in [-0.05, 0) is 77.9 Å². The van der Waals surface area contributed by atoms with E-state index >= 15 is 0 Å². The number of hydrogen-bond acceptors (Lipinski definition) is 7. The largest absolute Gasteiger partial charge is 0.493 e. The minimum atomic E-state index is -0.201. The Balaban J connectivity index is 1.37. The third-order valence-corrected chi connectivity index (χ3v) is 7.78. The molecule has 0 radical (unpaired) electrons. The second-order valence-corrected chi connectivity index (χ2v) is 10.9. The number of rotatable bonds is 9. The van der Waals surface area contributed by atoms with Gasteiger partial charge in [-0.25, -0.2) is 0 Å². The average molecular weight is 607 g/mol. The molecule has 4 aromatic rings. The van der Waals surface area contributed by atoms with Crippen molar-refractivity contribution in [3.63, 3.8) is 0 Å². The molecule has 1 amide bonds. The Morgan fingerprint density at radius 2 is 1.88 bits per heavy atom. The predicted molar refractivity (Wildman–Crippen MR) is 165 cm³/mol.